The van der Waals surface area contributed by atoms with Crippen LogP contribution in [-0.4, -0.2) is 12.4 Å². The van der Waals surface area contributed by atoms with Gasteiger partial charge in [-0.1, -0.05) is 44.7 Å². The Balaban J connectivity index is 1.78. The van der Waals surface area contributed by atoms with Crippen LogP contribution >= 0.6 is 0 Å². The molecule has 0 spiro atoms. The lowest BCUT2D eigenvalue weighted by Crippen LogP contribution is -2.26. The minimum absolute atomic E-state index is 0.153. The van der Waals surface area contributed by atoms with E-state index in [9.17, 15) is 0 Å². The largest absolute Gasteiger partial charge is 0.465 e. The maximum absolute atomic E-state index is 5.95. The van der Waals surface area contributed by atoms with Gasteiger partial charge in [-0.25, -0.2) is 0 Å². The highest BCUT2D eigenvalue weighted by atomic mass is 16.7. The predicted molar refractivity (Wildman–Crippen MR) is 78.5 cm³/mol. The Morgan fingerprint density at radius 1 is 1.11 bits per heavy atom. The van der Waals surface area contributed by atoms with Gasteiger partial charge in [0.25, 0.3) is 0 Å². The van der Waals surface area contributed by atoms with E-state index in [-0.39, 0.29) is 6.29 Å². The highest BCUT2D eigenvalue weighted by molar-refractivity contribution is 5.27. The Labute approximate surface area is 117 Å². The molecule has 1 aromatic carbocycles. The topological polar surface area (TPSA) is 18.5 Å². The summed E-state index contributed by atoms with van der Waals surface area (Å²) in [5.41, 5.74) is 1.37. The molecule has 0 radical (unpaired) electrons. The molecule has 2 heteroatoms. The van der Waals surface area contributed by atoms with Crippen LogP contribution in [0.1, 0.15) is 57.9 Å². The maximum Gasteiger partial charge on any atom is 0.197 e. The van der Waals surface area contributed by atoms with E-state index in [1.807, 2.05) is 19.1 Å². The van der Waals surface area contributed by atoms with Crippen molar-refractivity contribution in [3.63, 3.8) is 0 Å². The maximum atomic E-state index is 5.95. The van der Waals surface area contributed by atoms with Crippen molar-refractivity contribution >= 4 is 0 Å². The van der Waals surface area contributed by atoms with Gasteiger partial charge in [0.1, 0.15) is 5.75 Å². The first-order valence-corrected chi connectivity index (χ1v) is 7.69. The van der Waals surface area contributed by atoms with E-state index in [1.165, 1.54) is 44.1 Å². The van der Waals surface area contributed by atoms with E-state index in [2.05, 4.69) is 19.1 Å². The van der Waals surface area contributed by atoms with Crippen molar-refractivity contribution in [3.05, 3.63) is 29.8 Å². The zero-order chi connectivity index (χ0) is 13.5. The van der Waals surface area contributed by atoms with Crippen molar-refractivity contribution < 1.29 is 9.47 Å². The molecule has 0 aromatic heterocycles. The molecule has 1 aliphatic carbocycles. The van der Waals surface area contributed by atoms with Crippen LogP contribution in [0.25, 0.3) is 0 Å². The zero-order valence-electron chi connectivity index (χ0n) is 12.2. The Morgan fingerprint density at radius 3 is 2.42 bits per heavy atom. The second-order valence-corrected chi connectivity index (χ2v) is 5.48. The van der Waals surface area contributed by atoms with Crippen LogP contribution in [0.5, 0.6) is 5.75 Å². The van der Waals surface area contributed by atoms with E-state index in [1.54, 1.807) is 0 Å². The third-order valence-corrected chi connectivity index (χ3v) is 3.70. The number of hydrogen-bond donors (Lipinski definition) is 0. The molecule has 2 rings (SSSR count). The van der Waals surface area contributed by atoms with E-state index < -0.39 is 0 Å². The summed E-state index contributed by atoms with van der Waals surface area (Å²) in [5, 5.41) is 0. The van der Waals surface area contributed by atoms with Gasteiger partial charge in [0, 0.05) is 0 Å². The Morgan fingerprint density at radius 2 is 1.79 bits per heavy atom. The highest BCUT2D eigenvalue weighted by Gasteiger charge is 2.17. The normalized spacial score (nSPS) is 18.2. The summed E-state index contributed by atoms with van der Waals surface area (Å²) in [6.45, 7) is 4.19. The van der Waals surface area contributed by atoms with E-state index in [0.29, 0.717) is 6.10 Å². The van der Waals surface area contributed by atoms with Gasteiger partial charge >= 0.3 is 0 Å². The molecule has 1 fully saturated rings. The van der Waals surface area contributed by atoms with Gasteiger partial charge in [-0.05, 0) is 43.9 Å². The van der Waals surface area contributed by atoms with Crippen molar-refractivity contribution in [1.82, 2.24) is 0 Å². The van der Waals surface area contributed by atoms with Gasteiger partial charge in [-0.2, -0.15) is 0 Å². The summed E-state index contributed by atoms with van der Waals surface area (Å²) < 4.78 is 11.8. The Kier molecular flexibility index (Phi) is 5.71. The monoisotopic (exact) mass is 262 g/mol. The molecule has 1 atom stereocenters. The Hall–Kier alpha value is -1.02. The Bertz CT molecular complexity index is 352. The molecule has 0 saturated heterocycles. The zero-order valence-corrected chi connectivity index (χ0v) is 12.2. The van der Waals surface area contributed by atoms with E-state index in [0.717, 1.165) is 12.2 Å². The van der Waals surface area contributed by atoms with Crippen molar-refractivity contribution in [1.29, 1.82) is 0 Å². The highest BCUT2D eigenvalue weighted by Crippen LogP contribution is 2.22. The molecule has 0 amide bonds. The third kappa shape index (κ3) is 4.87. The van der Waals surface area contributed by atoms with Crippen molar-refractivity contribution in [2.75, 3.05) is 0 Å². The van der Waals surface area contributed by atoms with Gasteiger partial charge in [-0.15, -0.1) is 0 Å². The molecule has 0 bridgehead atoms. The molecule has 0 N–H and O–H groups in total. The summed E-state index contributed by atoms with van der Waals surface area (Å²) in [6.07, 6.45) is 8.87. The quantitative estimate of drug-likeness (QED) is 0.691. The van der Waals surface area contributed by atoms with Crippen molar-refractivity contribution in [2.45, 2.75) is 71.2 Å². The molecule has 0 aliphatic heterocycles. The molecule has 106 valence electrons. The molecule has 1 unspecified atom stereocenters. The van der Waals surface area contributed by atoms with Gasteiger partial charge in [0.05, 0.1) is 6.10 Å². The van der Waals surface area contributed by atoms with Crippen LogP contribution in [-0.2, 0) is 11.2 Å². The minimum Gasteiger partial charge on any atom is -0.465 e. The van der Waals surface area contributed by atoms with E-state index in [4.69, 9.17) is 9.47 Å². The van der Waals surface area contributed by atoms with Crippen LogP contribution in [0.2, 0.25) is 0 Å². The first-order chi connectivity index (χ1) is 9.28. The number of rotatable bonds is 6. The lowest BCUT2D eigenvalue weighted by Gasteiger charge is -2.26. The van der Waals surface area contributed by atoms with E-state index >= 15 is 0 Å². The fourth-order valence-corrected chi connectivity index (χ4v) is 2.72. The van der Waals surface area contributed by atoms with Crippen molar-refractivity contribution in [3.8, 4) is 5.75 Å². The smallest absolute Gasteiger partial charge is 0.197 e. The van der Waals surface area contributed by atoms with Gasteiger partial charge in [0.15, 0.2) is 6.29 Å². The molecule has 1 aromatic rings. The summed E-state index contributed by atoms with van der Waals surface area (Å²) in [4.78, 5) is 0. The number of ether oxygens (including phenoxy) is 2. The summed E-state index contributed by atoms with van der Waals surface area (Å²) in [6, 6.07) is 8.38. The molecule has 1 saturated carbocycles. The summed E-state index contributed by atoms with van der Waals surface area (Å²) in [7, 11) is 0. The standard InChI is InChI=1S/C17H26O2/c1-3-7-15-10-12-17(13-11-15)19-14(2)18-16-8-5-4-6-9-16/h10-14,16H,3-9H2,1-2H3. The van der Waals surface area contributed by atoms with Gasteiger partial charge in [0.2, 0.25) is 0 Å². The molecular weight excluding hydrogens is 236 g/mol. The average Bonchev–Trinajstić information content (AvgIpc) is 2.42. The minimum atomic E-state index is -0.153. The molecule has 2 nitrogen and oxygen atoms in total. The van der Waals surface area contributed by atoms with Gasteiger partial charge in [-0.3, -0.25) is 0 Å². The first kappa shape index (κ1) is 14.4. The van der Waals surface area contributed by atoms with Crippen LogP contribution in [0.15, 0.2) is 24.3 Å². The van der Waals surface area contributed by atoms with Crippen molar-refractivity contribution in [2.24, 2.45) is 0 Å². The third-order valence-electron chi connectivity index (χ3n) is 3.70. The molecule has 0 heterocycles. The SMILES string of the molecule is CCCc1ccc(OC(C)OC2CCCCC2)cc1. The average molecular weight is 262 g/mol. The van der Waals surface area contributed by atoms with Crippen LogP contribution in [0.3, 0.4) is 0 Å². The predicted octanol–water partition coefficient (Wildman–Crippen LogP) is 4.71. The number of hydrogen-bond acceptors (Lipinski definition) is 2. The fourth-order valence-electron chi connectivity index (χ4n) is 2.72. The van der Waals surface area contributed by atoms with Gasteiger partial charge < -0.3 is 9.47 Å². The lowest BCUT2D eigenvalue weighted by molar-refractivity contribution is -0.116. The van der Waals surface area contributed by atoms with Crippen LogP contribution < -0.4 is 4.74 Å². The molecular formula is C17H26O2. The second kappa shape index (κ2) is 7.54. The molecule has 19 heavy (non-hydrogen) atoms. The van der Waals surface area contributed by atoms with Crippen LogP contribution in [0, 0.1) is 0 Å². The first-order valence-electron chi connectivity index (χ1n) is 7.69. The summed E-state index contributed by atoms with van der Waals surface area (Å²) in [5.74, 6) is 0.906. The lowest BCUT2D eigenvalue weighted by atomic mass is 9.98. The molecule has 1 aliphatic rings. The van der Waals surface area contributed by atoms with Crippen LogP contribution in [0.4, 0.5) is 0 Å². The fraction of sp³-hybridized carbons (Fsp3) is 0.647. The number of aryl methyl sites for hydroxylation is 1. The number of benzene rings is 1. The summed E-state index contributed by atoms with van der Waals surface area (Å²) >= 11 is 0. The second-order valence-electron chi connectivity index (χ2n) is 5.48.